The van der Waals surface area contributed by atoms with Gasteiger partial charge in [0.2, 0.25) is 0 Å². The highest BCUT2D eigenvalue weighted by Gasteiger charge is 2.24. The number of hydrogen-bond acceptors (Lipinski definition) is 5. The van der Waals surface area contributed by atoms with E-state index in [1.807, 2.05) is 31.2 Å². The van der Waals surface area contributed by atoms with Crippen LogP contribution in [0.4, 0.5) is 5.69 Å². The van der Waals surface area contributed by atoms with Crippen LogP contribution in [0, 0.1) is 17.0 Å². The number of benzene rings is 2. The van der Waals surface area contributed by atoms with Crippen molar-refractivity contribution in [2.45, 2.75) is 43.4 Å². The Kier molecular flexibility index (Phi) is 7.28. The zero-order valence-corrected chi connectivity index (χ0v) is 17.7. The molecule has 1 saturated heterocycles. The van der Waals surface area contributed by atoms with Gasteiger partial charge in [0.15, 0.2) is 0 Å². The van der Waals surface area contributed by atoms with E-state index in [4.69, 9.17) is 0 Å². The number of carbonyl (C=O) groups excluding carboxylic acids is 1. The number of rotatable bonds is 8. The smallest absolute Gasteiger partial charge is 0.283 e. The molecule has 1 N–H and O–H groups in total. The van der Waals surface area contributed by atoms with Crippen molar-refractivity contribution in [1.29, 1.82) is 0 Å². The molecule has 1 amide bonds. The van der Waals surface area contributed by atoms with Crippen LogP contribution in [0.2, 0.25) is 0 Å². The Morgan fingerprint density at radius 2 is 2.03 bits per heavy atom. The largest absolute Gasteiger partial charge is 0.350 e. The van der Waals surface area contributed by atoms with Gasteiger partial charge in [-0.15, -0.1) is 11.8 Å². The molecule has 0 aliphatic carbocycles. The number of aryl methyl sites for hydroxylation is 1. The Labute approximate surface area is 175 Å². The first kappa shape index (κ1) is 21.3. The van der Waals surface area contributed by atoms with Crippen LogP contribution >= 0.6 is 11.8 Å². The molecule has 1 atom stereocenters. The number of nitro groups is 1. The summed E-state index contributed by atoms with van der Waals surface area (Å²) >= 11 is 1.41. The molecule has 0 bridgehead atoms. The van der Waals surface area contributed by atoms with Gasteiger partial charge in [0.25, 0.3) is 11.6 Å². The Morgan fingerprint density at radius 3 is 2.72 bits per heavy atom. The van der Waals surface area contributed by atoms with E-state index in [2.05, 4.69) is 17.1 Å². The van der Waals surface area contributed by atoms with Crippen LogP contribution in [-0.4, -0.2) is 41.4 Å². The average Bonchev–Trinajstić information content (AvgIpc) is 3.19. The molecule has 1 heterocycles. The van der Waals surface area contributed by atoms with Crippen molar-refractivity contribution in [2.75, 3.05) is 19.6 Å². The number of amides is 1. The van der Waals surface area contributed by atoms with Crippen molar-refractivity contribution >= 4 is 23.4 Å². The van der Waals surface area contributed by atoms with E-state index in [-0.39, 0.29) is 11.6 Å². The summed E-state index contributed by atoms with van der Waals surface area (Å²) in [6, 6.07) is 13.2. The second kappa shape index (κ2) is 9.89. The third kappa shape index (κ3) is 5.58. The first-order chi connectivity index (χ1) is 14.0. The van der Waals surface area contributed by atoms with E-state index in [9.17, 15) is 14.9 Å². The summed E-state index contributed by atoms with van der Waals surface area (Å²) in [6.07, 6.45) is 2.22. The lowest BCUT2D eigenvalue weighted by molar-refractivity contribution is -0.387. The number of nitrogens with one attached hydrogen (secondary N) is 1. The average molecular weight is 414 g/mol. The summed E-state index contributed by atoms with van der Waals surface area (Å²) < 4.78 is 0. The van der Waals surface area contributed by atoms with Gasteiger partial charge >= 0.3 is 0 Å². The highest BCUT2D eigenvalue weighted by atomic mass is 32.2. The van der Waals surface area contributed by atoms with E-state index in [1.54, 1.807) is 12.1 Å². The highest BCUT2D eigenvalue weighted by Crippen LogP contribution is 2.32. The zero-order valence-electron chi connectivity index (χ0n) is 16.9. The Morgan fingerprint density at radius 1 is 1.28 bits per heavy atom. The lowest BCUT2D eigenvalue weighted by Gasteiger charge is -2.22. The molecule has 6 nitrogen and oxygen atoms in total. The topological polar surface area (TPSA) is 75.5 Å². The molecule has 3 rings (SSSR count). The predicted molar refractivity (Wildman–Crippen MR) is 116 cm³/mol. The van der Waals surface area contributed by atoms with Crippen molar-refractivity contribution in [3.8, 4) is 0 Å². The maximum atomic E-state index is 12.5. The maximum absolute atomic E-state index is 12.5. The Bertz CT molecular complexity index is 870. The predicted octanol–water partition coefficient (Wildman–Crippen LogP) is 4.41. The fourth-order valence-corrected chi connectivity index (χ4v) is 4.58. The molecule has 154 valence electrons. The minimum absolute atomic E-state index is 0.0224. The molecular formula is C22H27N3O3S. The van der Waals surface area contributed by atoms with E-state index >= 15 is 0 Å². The van der Waals surface area contributed by atoms with E-state index in [0.29, 0.717) is 28.8 Å². The monoisotopic (exact) mass is 413 g/mol. The quantitative estimate of drug-likeness (QED) is 0.394. The van der Waals surface area contributed by atoms with E-state index in [0.717, 1.165) is 31.5 Å². The number of thioether (sulfide) groups is 1. The first-order valence-electron chi connectivity index (χ1n) is 9.97. The van der Waals surface area contributed by atoms with Gasteiger partial charge in [-0.2, -0.15) is 0 Å². The van der Waals surface area contributed by atoms with Gasteiger partial charge in [0, 0.05) is 30.0 Å². The third-order valence-electron chi connectivity index (χ3n) is 5.34. The third-order valence-corrected chi connectivity index (χ3v) is 6.47. The molecular weight excluding hydrogens is 386 g/mol. The van der Waals surface area contributed by atoms with E-state index < -0.39 is 4.92 Å². The number of hydrogen-bond donors (Lipinski definition) is 1. The molecule has 0 spiro atoms. The number of likely N-dealkylation sites (N-methyl/N-ethyl adjacent to an activating group) is 1. The first-order valence-corrected chi connectivity index (χ1v) is 11.0. The second-order valence-electron chi connectivity index (χ2n) is 7.35. The van der Waals surface area contributed by atoms with Crippen molar-refractivity contribution in [3.05, 3.63) is 69.3 Å². The molecule has 29 heavy (non-hydrogen) atoms. The Hall–Kier alpha value is -2.38. The lowest BCUT2D eigenvalue weighted by Crippen LogP contribution is -2.40. The van der Waals surface area contributed by atoms with Gasteiger partial charge in [-0.1, -0.05) is 36.8 Å². The maximum Gasteiger partial charge on any atom is 0.283 e. The fraction of sp³-hybridized carbons (Fsp3) is 0.409. The minimum Gasteiger partial charge on any atom is -0.350 e. The van der Waals surface area contributed by atoms with Crippen LogP contribution < -0.4 is 5.32 Å². The van der Waals surface area contributed by atoms with Gasteiger partial charge in [-0.05, 0) is 50.6 Å². The molecule has 0 aromatic heterocycles. The molecule has 0 radical (unpaired) electrons. The zero-order chi connectivity index (χ0) is 20.8. The van der Waals surface area contributed by atoms with Crippen LogP contribution in [0.3, 0.4) is 0 Å². The second-order valence-corrected chi connectivity index (χ2v) is 8.37. The molecule has 2 aromatic carbocycles. The summed E-state index contributed by atoms with van der Waals surface area (Å²) in [5, 5.41) is 14.5. The standard InChI is InChI=1S/C22H27N3O3S/c1-3-24-12-4-5-19(24)14-23-22(26)18-10-11-21(20(13-18)25(27)28)29-15-17-8-6-16(2)7-9-17/h6-11,13,19H,3-5,12,14-15H2,1-2H3,(H,23,26). The van der Waals surface area contributed by atoms with Gasteiger partial charge in [-0.25, -0.2) is 0 Å². The van der Waals surface area contributed by atoms with Gasteiger partial charge < -0.3 is 5.32 Å². The molecule has 2 aromatic rings. The minimum atomic E-state index is -0.413. The number of nitrogens with zero attached hydrogens (tertiary/aromatic N) is 2. The van der Waals surface area contributed by atoms with Crippen LogP contribution in [-0.2, 0) is 5.75 Å². The molecule has 7 heteroatoms. The molecule has 0 saturated carbocycles. The van der Waals surface area contributed by atoms with Crippen molar-refractivity contribution < 1.29 is 9.72 Å². The van der Waals surface area contributed by atoms with Crippen molar-refractivity contribution in [2.24, 2.45) is 0 Å². The molecule has 1 fully saturated rings. The van der Waals surface area contributed by atoms with Crippen LogP contribution in [0.5, 0.6) is 0 Å². The van der Waals surface area contributed by atoms with E-state index in [1.165, 1.54) is 23.4 Å². The SMILES string of the molecule is CCN1CCCC1CNC(=O)c1ccc(SCc2ccc(C)cc2)c([N+](=O)[O-])c1. The summed E-state index contributed by atoms with van der Waals surface area (Å²) in [6.45, 7) is 6.76. The molecule has 1 unspecified atom stereocenters. The summed E-state index contributed by atoms with van der Waals surface area (Å²) in [4.78, 5) is 26.6. The lowest BCUT2D eigenvalue weighted by atomic mass is 10.1. The van der Waals surface area contributed by atoms with Crippen LogP contribution in [0.25, 0.3) is 0 Å². The fourth-order valence-electron chi connectivity index (χ4n) is 3.62. The van der Waals surface area contributed by atoms with Crippen molar-refractivity contribution in [3.63, 3.8) is 0 Å². The van der Waals surface area contributed by atoms with Crippen molar-refractivity contribution in [1.82, 2.24) is 10.2 Å². The summed E-state index contributed by atoms with van der Waals surface area (Å²) in [5.41, 5.74) is 2.59. The number of nitro benzene ring substituents is 1. The van der Waals surface area contributed by atoms with Crippen LogP contribution in [0.15, 0.2) is 47.4 Å². The van der Waals surface area contributed by atoms with Gasteiger partial charge in [-0.3, -0.25) is 19.8 Å². The normalized spacial score (nSPS) is 16.7. The summed E-state index contributed by atoms with van der Waals surface area (Å²) in [5.74, 6) is 0.382. The van der Waals surface area contributed by atoms with Gasteiger partial charge in [0.05, 0.1) is 9.82 Å². The number of carbonyl (C=O) groups is 1. The Balaban J connectivity index is 1.65. The number of likely N-dealkylation sites (tertiary alicyclic amines) is 1. The summed E-state index contributed by atoms with van der Waals surface area (Å²) in [7, 11) is 0. The van der Waals surface area contributed by atoms with Crippen LogP contribution in [0.1, 0.15) is 41.3 Å². The highest BCUT2D eigenvalue weighted by molar-refractivity contribution is 7.98. The molecule has 1 aliphatic heterocycles. The molecule has 1 aliphatic rings. The van der Waals surface area contributed by atoms with Gasteiger partial charge in [0.1, 0.15) is 0 Å².